The topological polar surface area (TPSA) is 461 Å². The number of sulfone groups is 1. The van der Waals surface area contributed by atoms with Gasteiger partial charge in [0.05, 0.1) is 44.9 Å². The second-order valence-corrected chi connectivity index (χ2v) is 24.9. The van der Waals surface area contributed by atoms with Crippen LogP contribution in [0.25, 0.3) is 21.5 Å². The van der Waals surface area contributed by atoms with Crippen molar-refractivity contribution < 1.29 is 87.9 Å². The highest BCUT2D eigenvalue weighted by Crippen LogP contribution is 2.47. The van der Waals surface area contributed by atoms with Gasteiger partial charge in [-0.05, 0) is 120 Å². The van der Waals surface area contributed by atoms with Crippen molar-refractivity contribution in [1.82, 2.24) is 15.0 Å². The number of azo groups is 2. The number of phenolic OH excluding ortho intramolecular Hbond substituents is 2. The highest BCUT2D eigenvalue weighted by atomic mass is 35.5. The lowest BCUT2D eigenvalue weighted by molar-refractivity contribution is 0.210. The predicted molar refractivity (Wildman–Crippen MR) is 282 cm³/mol. The number of alkyl halides is 1. The van der Waals surface area contributed by atoms with E-state index in [2.05, 4.69) is 55.7 Å². The Morgan fingerprint density at radius 3 is 1.84 bits per heavy atom. The minimum absolute atomic E-state index is 0.0215. The van der Waals surface area contributed by atoms with E-state index in [4.69, 9.17) is 36.8 Å². The van der Waals surface area contributed by atoms with E-state index in [9.17, 15) is 70.2 Å². The Bertz CT molecular complexity index is 4280. The zero-order valence-corrected chi connectivity index (χ0v) is 46.0. The number of aromatic hydroxyl groups is 2. The predicted octanol–water partition coefficient (Wildman–Crippen LogP) is 7.69. The Hall–Kier alpha value is -6.75. The van der Waals surface area contributed by atoms with Crippen LogP contribution < -0.4 is 16.1 Å². The molecule has 30 nitrogen and oxygen atoms in total. The third kappa shape index (κ3) is 14.9. The zero-order chi connectivity index (χ0) is 58.0. The summed E-state index contributed by atoms with van der Waals surface area (Å²) in [5.41, 5.74) is 0.882. The standard InChI is InChI=1S/C41H36Cl2N10O20S6/c1-20-11-22-15-32(78(65,66)67)36(52-49-24-3-6-26(7-4-24)75(57,58)19-73-79(68,69)70)38(55)33(22)29(12-20)44-40-46-39(43)47-41(48-40)45-30-17-27(76(59,60)61)14-23-13-21(2)35(37(54)34(23)30)51-50-28-16-25(5-8-31(28)77(62,63)64)53-71-9-10-74(56)72-18-42/h3-8,11-17,53-55H,9-10,18-19H2,1-2H3,(H,59,60,61)(H,62,63,64)(H,65,66,67)(H,68,69,70)(H2,44,45,46,47,48). The molecule has 0 aliphatic rings. The van der Waals surface area contributed by atoms with Gasteiger partial charge in [0.25, 0.3) is 30.4 Å². The highest BCUT2D eigenvalue weighted by Gasteiger charge is 2.26. The van der Waals surface area contributed by atoms with E-state index in [1.165, 1.54) is 31.2 Å². The molecule has 0 bridgehead atoms. The lowest BCUT2D eigenvalue weighted by Gasteiger charge is -2.16. The van der Waals surface area contributed by atoms with Crippen molar-refractivity contribution in [2.75, 3.05) is 40.5 Å². The maximum atomic E-state index is 12.7. The fraction of sp³-hybridized carbons (Fsp3) is 0.146. The summed E-state index contributed by atoms with van der Waals surface area (Å²) in [5, 5.41) is 43.7. The zero-order valence-electron chi connectivity index (χ0n) is 39.6. The van der Waals surface area contributed by atoms with Gasteiger partial charge in [-0.1, -0.05) is 17.7 Å². The van der Waals surface area contributed by atoms with Gasteiger partial charge >= 0.3 is 10.4 Å². The molecule has 0 aliphatic carbocycles. The van der Waals surface area contributed by atoms with Crippen molar-refractivity contribution in [3.05, 3.63) is 95.3 Å². The summed E-state index contributed by atoms with van der Waals surface area (Å²) in [6.45, 7) is 2.81. The molecule has 1 heterocycles. The third-order valence-electron chi connectivity index (χ3n) is 10.3. The Labute approximate surface area is 459 Å². The van der Waals surface area contributed by atoms with E-state index in [0.717, 1.165) is 54.6 Å². The molecule has 0 saturated carbocycles. The van der Waals surface area contributed by atoms with E-state index in [1.54, 1.807) is 6.92 Å². The number of rotatable bonds is 22. The first-order valence-corrected chi connectivity index (χ1v) is 30.7. The summed E-state index contributed by atoms with van der Waals surface area (Å²) in [7, 11) is -24.7. The molecule has 7 aromatic rings. The van der Waals surface area contributed by atoms with Crippen LogP contribution in [0, 0.1) is 13.8 Å². The maximum absolute atomic E-state index is 12.7. The molecule has 0 radical (unpaired) electrons. The highest BCUT2D eigenvalue weighted by molar-refractivity contribution is 7.92. The van der Waals surface area contributed by atoms with Gasteiger partial charge in [-0.2, -0.15) is 53.7 Å². The number of hydrogen-bond acceptors (Lipinski definition) is 26. The van der Waals surface area contributed by atoms with E-state index < -0.39 is 127 Å². The molecule has 79 heavy (non-hydrogen) atoms. The van der Waals surface area contributed by atoms with Gasteiger partial charge < -0.3 is 20.8 Å². The fourth-order valence-electron chi connectivity index (χ4n) is 7.08. The van der Waals surface area contributed by atoms with Crippen LogP contribution >= 0.6 is 23.2 Å². The van der Waals surface area contributed by atoms with Gasteiger partial charge in [0.1, 0.15) is 32.9 Å². The molecule has 1 unspecified atom stereocenters. The Morgan fingerprint density at radius 2 is 1.24 bits per heavy atom. The molecule has 9 N–H and O–H groups in total. The molecule has 0 spiro atoms. The molecule has 0 fully saturated rings. The molecular weight excluding hydrogens is 1220 g/mol. The fourth-order valence-corrected chi connectivity index (χ4v) is 11.5. The maximum Gasteiger partial charge on any atom is 0.398 e. The van der Waals surface area contributed by atoms with E-state index in [-0.39, 0.29) is 74.0 Å². The van der Waals surface area contributed by atoms with Crippen LogP contribution in [0.1, 0.15) is 11.1 Å². The first-order chi connectivity index (χ1) is 36.8. The smallest absolute Gasteiger partial charge is 0.398 e. The average molecular weight is 1250 g/mol. The van der Waals surface area contributed by atoms with Gasteiger partial charge in [0, 0.05) is 10.8 Å². The largest absolute Gasteiger partial charge is 0.505 e. The van der Waals surface area contributed by atoms with Crippen molar-refractivity contribution in [3.8, 4) is 11.5 Å². The van der Waals surface area contributed by atoms with Gasteiger partial charge in [-0.15, -0.1) is 15.3 Å². The van der Waals surface area contributed by atoms with E-state index >= 15 is 0 Å². The van der Waals surface area contributed by atoms with Gasteiger partial charge in [0.15, 0.2) is 28.5 Å². The lowest BCUT2D eigenvalue weighted by Crippen LogP contribution is -2.14. The summed E-state index contributed by atoms with van der Waals surface area (Å²) in [5.74, 6) is -4.07. The number of fused-ring (bicyclic) bond motifs is 2. The van der Waals surface area contributed by atoms with Gasteiger partial charge in [0.2, 0.25) is 27.0 Å². The van der Waals surface area contributed by atoms with Crippen molar-refractivity contribution >= 4 is 158 Å². The van der Waals surface area contributed by atoms with Crippen molar-refractivity contribution in [2.45, 2.75) is 33.4 Å². The van der Waals surface area contributed by atoms with Crippen LogP contribution in [0.4, 0.5) is 51.7 Å². The summed E-state index contributed by atoms with van der Waals surface area (Å²) in [6, 6.07) is 13.9. The summed E-state index contributed by atoms with van der Waals surface area (Å²) in [4.78, 5) is 14.7. The first kappa shape index (κ1) is 59.9. The third-order valence-corrected chi connectivity index (χ3v) is 16.2. The second kappa shape index (κ2) is 23.5. The van der Waals surface area contributed by atoms with Crippen LogP contribution in [-0.2, 0) is 74.9 Å². The van der Waals surface area contributed by atoms with Crippen LogP contribution in [0.15, 0.2) is 119 Å². The minimum atomic E-state index is -5.18. The molecule has 1 atom stereocenters. The Balaban J connectivity index is 1.26. The Morgan fingerprint density at radius 1 is 0.646 bits per heavy atom. The second-order valence-electron chi connectivity index (χ2n) is 15.9. The van der Waals surface area contributed by atoms with E-state index in [0.29, 0.717) is 5.56 Å². The van der Waals surface area contributed by atoms with Crippen molar-refractivity contribution in [2.24, 2.45) is 20.5 Å². The number of aryl methyl sites for hydroxylation is 2. The number of benzene rings is 6. The number of aromatic nitrogens is 3. The first-order valence-electron chi connectivity index (χ1n) is 21.2. The number of halogens is 2. The normalized spacial score (nSPS) is 13.2. The molecule has 0 saturated heterocycles. The van der Waals surface area contributed by atoms with Crippen LogP contribution in [0.3, 0.4) is 0 Å². The molecule has 38 heteroatoms. The molecule has 7 rings (SSSR count). The van der Waals surface area contributed by atoms with Crippen LogP contribution in [0.2, 0.25) is 5.28 Å². The van der Waals surface area contributed by atoms with Crippen LogP contribution in [0.5, 0.6) is 11.5 Å². The van der Waals surface area contributed by atoms with Gasteiger partial charge in [-0.25, -0.2) is 16.8 Å². The summed E-state index contributed by atoms with van der Waals surface area (Å²) < 4.78 is 181. The molecule has 420 valence electrons. The minimum Gasteiger partial charge on any atom is -0.505 e. The molecule has 1 aromatic heterocycles. The SMILES string of the molecule is Cc1cc(Nc2nc(Cl)nc(Nc3cc(S(=O)(=O)O)cc4cc(C)c(N=Nc5cc(NOCCS(=O)OCCl)ccc5S(=O)(=O)O)c(O)c34)n2)c2c(O)c(N=Nc3ccc(S(=O)(=O)COS(=O)(=O)O)cc3)c(S(=O)(=O)O)cc2c1. The number of phenols is 2. The lowest BCUT2D eigenvalue weighted by atomic mass is 10.0. The Kier molecular flexibility index (Phi) is 17.8. The summed E-state index contributed by atoms with van der Waals surface area (Å²) in [6.07, 6.45) is 0. The molecule has 6 aromatic carbocycles. The summed E-state index contributed by atoms with van der Waals surface area (Å²) >= 11 is 9.97. The van der Waals surface area contributed by atoms with Crippen molar-refractivity contribution in [1.29, 1.82) is 0 Å². The molecule has 0 amide bonds. The van der Waals surface area contributed by atoms with Gasteiger partial charge in [-0.3, -0.25) is 32.7 Å². The number of hydrogen-bond donors (Lipinski definition) is 9. The quantitative estimate of drug-likeness (QED) is 0.0103. The number of nitrogens with zero attached hydrogens (tertiary/aromatic N) is 7. The molecular formula is C41H36Cl2N10O20S6. The van der Waals surface area contributed by atoms with Crippen LogP contribution in [-0.4, -0.2) is 114 Å². The van der Waals surface area contributed by atoms with E-state index in [1.807, 2.05) is 0 Å². The monoisotopic (exact) mass is 1250 g/mol. The number of nitrogens with one attached hydrogen (secondary N) is 3. The van der Waals surface area contributed by atoms with Crippen molar-refractivity contribution in [3.63, 3.8) is 0 Å². The average Bonchev–Trinajstić information content (AvgIpc) is 3.44. The number of anilines is 5. The molecule has 0 aliphatic heterocycles.